The Morgan fingerprint density at radius 2 is 1.39 bits per heavy atom. The van der Waals surface area contributed by atoms with Crippen LogP contribution in [-0.4, -0.2) is 19.6 Å². The van der Waals surface area contributed by atoms with Crippen molar-refractivity contribution in [2.45, 2.75) is 108 Å². The summed E-state index contributed by atoms with van der Waals surface area (Å²) in [4.78, 5) is 15.8. The van der Waals surface area contributed by atoms with Crippen LogP contribution in [0.3, 0.4) is 0 Å². The number of fused-ring (bicyclic) bond motifs is 6. The van der Waals surface area contributed by atoms with Crippen LogP contribution in [-0.2, 0) is 24.4 Å². The van der Waals surface area contributed by atoms with Crippen LogP contribution in [0.2, 0.25) is 0 Å². The van der Waals surface area contributed by atoms with E-state index in [4.69, 9.17) is 15.0 Å². The molecule has 6 fully saturated rings. The molecule has 9 rings (SSSR count). The second-order valence-corrected chi connectivity index (χ2v) is 13.0. The van der Waals surface area contributed by atoms with Gasteiger partial charge in [-0.05, 0) is 120 Å². The molecule has 0 radical (unpaired) electrons. The fourth-order valence-electron chi connectivity index (χ4n) is 8.36. The van der Waals surface area contributed by atoms with Gasteiger partial charge in [-0.1, -0.05) is 0 Å². The number of nitrogens with zero attached hydrogens (tertiary/aromatic N) is 5. The topological polar surface area (TPSA) is 47.5 Å². The minimum Gasteiger partial charge on any atom is -0.217 e. The number of hydrogen-bond donors (Lipinski definition) is 0. The van der Waals surface area contributed by atoms with Crippen LogP contribution in [0.1, 0.15) is 101 Å². The fourth-order valence-corrected chi connectivity index (χ4v) is 8.36. The number of rotatable bonds is 5. The molecule has 6 aliphatic rings. The highest BCUT2D eigenvalue weighted by molar-refractivity contribution is 5.71. The van der Waals surface area contributed by atoms with Crippen molar-refractivity contribution in [3.8, 4) is 22.6 Å². The molecule has 38 heavy (non-hydrogen) atoms. The van der Waals surface area contributed by atoms with Crippen LogP contribution in [0.5, 0.6) is 0 Å². The molecule has 0 atom stereocenters. The monoisotopic (exact) mass is 514 g/mol. The van der Waals surface area contributed by atoms with Crippen molar-refractivity contribution in [2.75, 3.05) is 0 Å². The third-order valence-electron chi connectivity index (χ3n) is 11.1. The number of aryl methyl sites for hydroxylation is 1. The van der Waals surface area contributed by atoms with E-state index in [1.54, 1.807) is 6.07 Å². The maximum atomic E-state index is 15.6. The zero-order chi connectivity index (χ0) is 26.1. The molecule has 4 bridgehead atoms. The Labute approximate surface area is 225 Å². The lowest BCUT2D eigenvalue weighted by Gasteiger charge is -2.47. The lowest BCUT2D eigenvalue weighted by molar-refractivity contribution is -0.752. The minimum absolute atomic E-state index is 0.0699. The summed E-state index contributed by atoms with van der Waals surface area (Å²) in [5.41, 5.74) is 3.53. The van der Waals surface area contributed by atoms with E-state index in [1.807, 2.05) is 20.2 Å². The van der Waals surface area contributed by atoms with Crippen LogP contribution < -0.4 is 4.68 Å². The summed E-state index contributed by atoms with van der Waals surface area (Å²) in [5.74, 6) is 4.25. The highest BCUT2D eigenvalue weighted by Crippen LogP contribution is 2.53. The van der Waals surface area contributed by atoms with Crippen molar-refractivity contribution >= 4 is 0 Å². The van der Waals surface area contributed by atoms with Gasteiger partial charge in [0, 0.05) is 28.0 Å². The molecule has 2 heterocycles. The summed E-state index contributed by atoms with van der Waals surface area (Å²) in [7, 11) is 2.03. The Morgan fingerprint density at radius 3 is 1.89 bits per heavy atom. The zero-order valence-electron chi connectivity index (χ0n) is 23.3. The van der Waals surface area contributed by atoms with E-state index in [2.05, 4.69) is 28.4 Å². The largest absolute Gasteiger partial charge is 0.217 e. The van der Waals surface area contributed by atoms with Gasteiger partial charge in [0.1, 0.15) is 23.2 Å². The highest BCUT2D eigenvalue weighted by Gasteiger charge is 2.47. The number of halogens is 1. The van der Waals surface area contributed by atoms with Gasteiger partial charge in [-0.2, -0.15) is 4.68 Å². The molecule has 6 saturated carbocycles. The molecule has 0 aliphatic heterocycles. The van der Waals surface area contributed by atoms with Gasteiger partial charge in [0.25, 0.3) is 0 Å². The molecule has 3 aromatic rings. The summed E-state index contributed by atoms with van der Waals surface area (Å²) in [6.07, 6.45) is 16.9. The van der Waals surface area contributed by atoms with Crippen LogP contribution in [0.4, 0.5) is 4.39 Å². The molecule has 0 saturated heterocycles. The molecule has 0 N–H and O–H groups in total. The van der Waals surface area contributed by atoms with E-state index in [9.17, 15) is 0 Å². The molecule has 6 aliphatic carbocycles. The molecule has 2 aromatic heterocycles. The van der Waals surface area contributed by atoms with Gasteiger partial charge in [0.2, 0.25) is 0 Å². The summed E-state index contributed by atoms with van der Waals surface area (Å²) < 4.78 is 19.8. The average Bonchev–Trinajstić information content (AvgIpc) is 3.36. The smallest absolute Gasteiger partial charge is 0.196 e. The van der Waals surface area contributed by atoms with Gasteiger partial charge in [-0.25, -0.2) is 19.3 Å². The Balaban J connectivity index is 1.40. The normalized spacial score (nSPS) is 30.2. The third kappa shape index (κ3) is 3.76. The van der Waals surface area contributed by atoms with Crippen molar-refractivity contribution in [3.63, 3.8) is 0 Å². The van der Waals surface area contributed by atoms with Crippen molar-refractivity contribution in [1.29, 1.82) is 0 Å². The maximum absolute atomic E-state index is 15.6. The quantitative estimate of drug-likeness (QED) is 0.354. The van der Waals surface area contributed by atoms with Gasteiger partial charge < -0.3 is 0 Å². The van der Waals surface area contributed by atoms with Crippen LogP contribution in [0, 0.1) is 24.6 Å². The Hall–Kier alpha value is -2.63. The molecular formula is C32H41FN5+. The lowest BCUT2D eigenvalue weighted by Crippen LogP contribution is -2.42. The molecular weight excluding hydrogens is 473 g/mol. The van der Waals surface area contributed by atoms with Gasteiger partial charge in [-0.15, -0.1) is 4.68 Å². The molecule has 0 spiro atoms. The highest BCUT2D eigenvalue weighted by atomic mass is 19.1. The molecule has 0 amide bonds. The number of hydrogen-bond acceptors (Lipinski definition) is 3. The summed E-state index contributed by atoms with van der Waals surface area (Å²) in [6, 6.07) is 5.86. The number of aromatic nitrogens is 5. The fraction of sp³-hybridized carbons (Fsp3) is 0.625. The molecule has 1 aromatic carbocycles. The first kappa shape index (κ1) is 24.4. The summed E-state index contributed by atoms with van der Waals surface area (Å²) >= 11 is 0. The van der Waals surface area contributed by atoms with Crippen molar-refractivity contribution in [3.05, 3.63) is 47.4 Å². The first-order valence-corrected chi connectivity index (χ1v) is 15.0. The third-order valence-corrected chi connectivity index (χ3v) is 11.1. The van der Waals surface area contributed by atoms with Gasteiger partial charge >= 0.3 is 0 Å². The molecule has 0 unspecified atom stereocenters. The Kier molecular flexibility index (Phi) is 5.75. The van der Waals surface area contributed by atoms with Crippen molar-refractivity contribution in [1.82, 2.24) is 19.6 Å². The SMILES string of the molecule is CCn1c(-c2cc(-c3nc(C45CCC(CC4)CC5)nc(C45CCC(CC4)CC5)n3)cc(F)c2C)cc[n+]1C. The van der Waals surface area contributed by atoms with Crippen LogP contribution >= 0.6 is 0 Å². The van der Waals surface area contributed by atoms with E-state index in [0.717, 1.165) is 46.9 Å². The van der Waals surface area contributed by atoms with Crippen LogP contribution in [0.15, 0.2) is 24.4 Å². The summed E-state index contributed by atoms with van der Waals surface area (Å²) in [6.45, 7) is 4.82. The second-order valence-electron chi connectivity index (χ2n) is 13.0. The predicted octanol–water partition coefficient (Wildman–Crippen LogP) is 6.74. The predicted molar refractivity (Wildman–Crippen MR) is 146 cm³/mol. The van der Waals surface area contributed by atoms with E-state index in [0.29, 0.717) is 11.4 Å². The van der Waals surface area contributed by atoms with Gasteiger partial charge in [0.15, 0.2) is 19.1 Å². The second kappa shape index (κ2) is 8.96. The lowest BCUT2D eigenvalue weighted by atomic mass is 9.59. The minimum atomic E-state index is -0.194. The summed E-state index contributed by atoms with van der Waals surface area (Å²) in [5, 5.41) is 0. The van der Waals surface area contributed by atoms with Crippen LogP contribution in [0.25, 0.3) is 22.6 Å². The average molecular weight is 515 g/mol. The van der Waals surface area contributed by atoms with Crippen molar-refractivity contribution < 1.29 is 9.07 Å². The van der Waals surface area contributed by atoms with E-state index in [-0.39, 0.29) is 16.6 Å². The molecule has 5 nitrogen and oxygen atoms in total. The first-order chi connectivity index (χ1) is 18.4. The standard InChI is InChI=1S/C32H41FN5/c1-4-38-27(11-18-37(38)3)25-19-24(20-26(33)21(25)2)28-34-29(31-12-5-22(6-13-31)7-14-31)36-30(35-28)32-15-8-23(9-16-32)10-17-32/h11,18-20,22-23H,4-10,12-17H2,1-3H3/q+1. The van der Waals surface area contributed by atoms with E-state index in [1.165, 1.54) is 77.0 Å². The van der Waals surface area contributed by atoms with Gasteiger partial charge in [0.05, 0.1) is 6.54 Å². The Bertz CT molecular complexity index is 1300. The zero-order valence-corrected chi connectivity index (χ0v) is 23.3. The van der Waals surface area contributed by atoms with E-state index >= 15 is 4.39 Å². The van der Waals surface area contributed by atoms with E-state index < -0.39 is 0 Å². The molecule has 6 heteroatoms. The maximum Gasteiger partial charge on any atom is 0.196 e. The molecule has 200 valence electrons. The number of benzene rings is 1. The Morgan fingerprint density at radius 1 is 0.868 bits per heavy atom. The van der Waals surface area contributed by atoms with Crippen molar-refractivity contribution in [2.24, 2.45) is 18.9 Å². The first-order valence-electron chi connectivity index (χ1n) is 15.0. The van der Waals surface area contributed by atoms with Gasteiger partial charge in [-0.3, -0.25) is 0 Å².